The van der Waals surface area contributed by atoms with E-state index < -0.39 is 12.0 Å². The minimum Gasteiger partial charge on any atom is -0.481 e. The molecule has 0 saturated heterocycles. The number of carboxylic acids is 1. The third-order valence-electron chi connectivity index (χ3n) is 1.72. The second kappa shape index (κ2) is 4.35. The molecule has 72 valence electrons. The van der Waals surface area contributed by atoms with Gasteiger partial charge in [0.25, 0.3) is 0 Å². The first kappa shape index (κ1) is 10.2. The zero-order valence-corrected chi connectivity index (χ0v) is 7.34. The maximum absolute atomic E-state index is 10.4. The monoisotopic (exact) mass is 191 g/mol. The lowest BCUT2D eigenvalue weighted by molar-refractivity contribution is -0.137. The molecule has 0 spiro atoms. The van der Waals surface area contributed by atoms with Gasteiger partial charge in [0.2, 0.25) is 0 Å². The van der Waals surface area contributed by atoms with Gasteiger partial charge in [-0.1, -0.05) is 6.07 Å². The Kier molecular flexibility index (Phi) is 3.15. The van der Waals surface area contributed by atoms with E-state index in [0.717, 1.165) is 0 Å². The number of rotatable bonds is 3. The lowest BCUT2D eigenvalue weighted by atomic mass is 10.1. The van der Waals surface area contributed by atoms with Crippen LogP contribution in [0.15, 0.2) is 18.3 Å². The highest BCUT2D eigenvalue weighted by Crippen LogP contribution is 2.12. The lowest BCUT2D eigenvalue weighted by Crippen LogP contribution is -2.15. The Bertz CT molecular complexity index is 367. The van der Waals surface area contributed by atoms with Crippen molar-refractivity contribution >= 4 is 5.97 Å². The smallest absolute Gasteiger partial charge is 0.305 e. The van der Waals surface area contributed by atoms with E-state index in [-0.39, 0.29) is 12.1 Å². The number of nitriles is 1. The molecular formula is C9H9N3O2. The highest BCUT2D eigenvalue weighted by Gasteiger charge is 2.10. The average Bonchev–Trinajstić information content (AvgIpc) is 2.17. The topological polar surface area (TPSA) is 100 Å². The van der Waals surface area contributed by atoms with Crippen LogP contribution in [-0.2, 0) is 4.79 Å². The molecule has 0 fully saturated rings. The largest absolute Gasteiger partial charge is 0.481 e. The highest BCUT2D eigenvalue weighted by molar-refractivity contribution is 5.67. The molecule has 0 aliphatic rings. The Labute approximate surface area is 80.8 Å². The van der Waals surface area contributed by atoms with Gasteiger partial charge in [-0.2, -0.15) is 5.26 Å². The van der Waals surface area contributed by atoms with Crippen LogP contribution in [0.4, 0.5) is 0 Å². The number of carboxylic acid groups (broad SMARTS) is 1. The number of aliphatic carboxylic acids is 1. The van der Waals surface area contributed by atoms with Crippen molar-refractivity contribution in [2.75, 3.05) is 0 Å². The van der Waals surface area contributed by atoms with Gasteiger partial charge >= 0.3 is 5.97 Å². The van der Waals surface area contributed by atoms with Crippen molar-refractivity contribution in [3.05, 3.63) is 29.6 Å². The van der Waals surface area contributed by atoms with E-state index in [1.54, 1.807) is 6.07 Å². The quantitative estimate of drug-likeness (QED) is 0.721. The summed E-state index contributed by atoms with van der Waals surface area (Å²) in [6.07, 6.45) is 1.28. The minimum atomic E-state index is -0.957. The van der Waals surface area contributed by atoms with Crippen LogP contribution in [0.1, 0.15) is 23.7 Å². The number of aromatic nitrogens is 1. The molecule has 1 rings (SSSR count). The number of hydrogen-bond donors (Lipinski definition) is 2. The van der Waals surface area contributed by atoms with E-state index in [1.165, 1.54) is 12.3 Å². The van der Waals surface area contributed by atoms with Gasteiger partial charge in [0.05, 0.1) is 6.42 Å². The van der Waals surface area contributed by atoms with Crippen molar-refractivity contribution < 1.29 is 9.90 Å². The Morgan fingerprint density at radius 3 is 2.86 bits per heavy atom. The first-order valence-corrected chi connectivity index (χ1v) is 3.97. The van der Waals surface area contributed by atoms with E-state index in [4.69, 9.17) is 16.1 Å². The van der Waals surface area contributed by atoms with Gasteiger partial charge in [0, 0.05) is 12.2 Å². The Balaban J connectivity index is 2.77. The van der Waals surface area contributed by atoms with Crippen molar-refractivity contribution in [2.24, 2.45) is 5.73 Å². The summed E-state index contributed by atoms with van der Waals surface area (Å²) in [5.41, 5.74) is 6.49. The molecule has 0 bridgehead atoms. The molecule has 0 aromatic carbocycles. The van der Waals surface area contributed by atoms with E-state index in [0.29, 0.717) is 5.56 Å². The van der Waals surface area contributed by atoms with Crippen LogP contribution in [0.25, 0.3) is 0 Å². The zero-order valence-electron chi connectivity index (χ0n) is 7.34. The van der Waals surface area contributed by atoms with Gasteiger partial charge in [0.1, 0.15) is 11.8 Å². The fourth-order valence-corrected chi connectivity index (χ4v) is 0.997. The third kappa shape index (κ3) is 2.54. The molecule has 1 atom stereocenters. The van der Waals surface area contributed by atoms with Crippen molar-refractivity contribution in [3.8, 4) is 6.07 Å². The molecule has 14 heavy (non-hydrogen) atoms. The van der Waals surface area contributed by atoms with Crippen LogP contribution in [0, 0.1) is 11.3 Å². The molecule has 0 radical (unpaired) electrons. The third-order valence-corrected chi connectivity index (χ3v) is 1.72. The van der Waals surface area contributed by atoms with Gasteiger partial charge in [0.15, 0.2) is 0 Å². The van der Waals surface area contributed by atoms with Gasteiger partial charge in [-0.25, -0.2) is 4.98 Å². The van der Waals surface area contributed by atoms with Crippen molar-refractivity contribution in [1.82, 2.24) is 4.98 Å². The van der Waals surface area contributed by atoms with Gasteiger partial charge in [-0.3, -0.25) is 4.79 Å². The van der Waals surface area contributed by atoms with E-state index >= 15 is 0 Å². The normalized spacial score (nSPS) is 11.7. The van der Waals surface area contributed by atoms with E-state index in [2.05, 4.69) is 4.98 Å². The molecule has 3 N–H and O–H groups in total. The van der Waals surface area contributed by atoms with Gasteiger partial charge in [-0.15, -0.1) is 0 Å². The number of nitrogens with zero attached hydrogens (tertiary/aromatic N) is 2. The molecule has 1 heterocycles. The summed E-state index contributed by atoms with van der Waals surface area (Å²) >= 11 is 0. The Hall–Kier alpha value is -1.93. The van der Waals surface area contributed by atoms with Crippen molar-refractivity contribution in [1.29, 1.82) is 5.26 Å². The highest BCUT2D eigenvalue weighted by atomic mass is 16.4. The molecule has 0 saturated carbocycles. The first-order valence-electron chi connectivity index (χ1n) is 3.97. The van der Waals surface area contributed by atoms with Gasteiger partial charge in [-0.05, 0) is 11.6 Å². The lowest BCUT2D eigenvalue weighted by Gasteiger charge is -2.07. The molecule has 5 nitrogen and oxygen atoms in total. The predicted octanol–water partition coefficient (Wildman–Crippen LogP) is 0.428. The van der Waals surface area contributed by atoms with E-state index in [1.807, 2.05) is 6.07 Å². The standard InChI is InChI=1S/C9H9N3O2/c10-4-7-2-1-6(5-12-7)8(11)3-9(13)14/h1-2,5,8H,3,11H2,(H,13,14)/t8-/m0/s1. The van der Waals surface area contributed by atoms with Gasteiger partial charge < -0.3 is 10.8 Å². The summed E-state index contributed by atoms with van der Waals surface area (Å²) in [7, 11) is 0. The fraction of sp³-hybridized carbons (Fsp3) is 0.222. The van der Waals surface area contributed by atoms with Crippen LogP contribution < -0.4 is 5.73 Å². The zero-order chi connectivity index (χ0) is 10.6. The number of carbonyl (C=O) groups is 1. The number of pyridine rings is 1. The molecule has 0 unspecified atom stereocenters. The Morgan fingerprint density at radius 1 is 1.71 bits per heavy atom. The van der Waals surface area contributed by atoms with Crippen LogP contribution in [0.5, 0.6) is 0 Å². The fourth-order valence-electron chi connectivity index (χ4n) is 0.997. The maximum atomic E-state index is 10.4. The summed E-state index contributed by atoms with van der Waals surface area (Å²) in [6.45, 7) is 0. The molecule has 1 aromatic rings. The number of nitrogens with two attached hydrogens (primary N) is 1. The molecular weight excluding hydrogens is 182 g/mol. The van der Waals surface area contributed by atoms with Crippen molar-refractivity contribution in [3.63, 3.8) is 0 Å². The van der Waals surface area contributed by atoms with Crippen LogP contribution >= 0.6 is 0 Å². The molecule has 0 amide bonds. The molecule has 0 aliphatic heterocycles. The minimum absolute atomic E-state index is 0.145. The van der Waals surface area contributed by atoms with Crippen molar-refractivity contribution in [2.45, 2.75) is 12.5 Å². The van der Waals surface area contributed by atoms with E-state index in [9.17, 15) is 4.79 Å². The second-order valence-electron chi connectivity index (χ2n) is 2.79. The maximum Gasteiger partial charge on any atom is 0.305 e. The predicted molar refractivity (Wildman–Crippen MR) is 48.1 cm³/mol. The first-order chi connectivity index (χ1) is 6.63. The summed E-state index contributed by atoms with van der Waals surface area (Å²) in [6, 6.07) is 4.41. The molecule has 0 aliphatic carbocycles. The Morgan fingerprint density at radius 2 is 2.43 bits per heavy atom. The average molecular weight is 191 g/mol. The van der Waals surface area contributed by atoms with Crippen LogP contribution in [0.2, 0.25) is 0 Å². The van der Waals surface area contributed by atoms with Crippen LogP contribution in [-0.4, -0.2) is 16.1 Å². The van der Waals surface area contributed by atoms with Crippen LogP contribution in [0.3, 0.4) is 0 Å². The second-order valence-corrected chi connectivity index (χ2v) is 2.79. The summed E-state index contributed by atoms with van der Waals surface area (Å²) in [5, 5.41) is 17.0. The SMILES string of the molecule is N#Cc1ccc([C@@H](N)CC(=O)O)cn1. The summed E-state index contributed by atoms with van der Waals surface area (Å²) in [4.78, 5) is 14.1. The molecule has 1 aromatic heterocycles. The summed E-state index contributed by atoms with van der Waals surface area (Å²) < 4.78 is 0. The summed E-state index contributed by atoms with van der Waals surface area (Å²) in [5.74, 6) is -0.957. The number of hydrogen-bond acceptors (Lipinski definition) is 4. The molecule has 5 heteroatoms.